The van der Waals surface area contributed by atoms with E-state index in [0.717, 1.165) is 11.0 Å². The Morgan fingerprint density at radius 3 is 2.53 bits per heavy atom. The molecule has 0 spiro atoms. The van der Waals surface area contributed by atoms with Gasteiger partial charge in [-0.25, -0.2) is 0 Å². The van der Waals surface area contributed by atoms with E-state index in [4.69, 9.17) is 0 Å². The first kappa shape index (κ1) is 21.6. The van der Waals surface area contributed by atoms with Gasteiger partial charge >= 0.3 is 6.36 Å². The van der Waals surface area contributed by atoms with Crippen LogP contribution < -0.4 is 10.3 Å². The van der Waals surface area contributed by atoms with Crippen molar-refractivity contribution < 1.29 is 27.5 Å². The lowest BCUT2D eigenvalue weighted by atomic mass is 9.75. The number of nitrogens with one attached hydrogen (secondary N) is 1. The molecule has 1 heterocycles. The van der Waals surface area contributed by atoms with E-state index in [0.29, 0.717) is 17.7 Å². The van der Waals surface area contributed by atoms with Crippen LogP contribution in [0.15, 0.2) is 35.1 Å². The topological polar surface area (TPSA) is 79.5 Å². The Balaban J connectivity index is 1.87. The molecule has 1 aromatic heterocycles. The number of rotatable bonds is 4. The number of alkyl halides is 3. The average molecular weight is 422 g/mol. The molecule has 1 aliphatic rings. The molecule has 0 fully saturated rings. The number of fused-ring (bicyclic) bond motifs is 1. The van der Waals surface area contributed by atoms with E-state index in [1.54, 1.807) is 0 Å². The zero-order valence-electron chi connectivity index (χ0n) is 16.7. The molecule has 0 aliphatic heterocycles. The summed E-state index contributed by atoms with van der Waals surface area (Å²) in [5.41, 5.74) is -0.263. The number of ketones is 1. The molecule has 0 atom stereocenters. The van der Waals surface area contributed by atoms with E-state index < -0.39 is 23.6 Å². The van der Waals surface area contributed by atoms with Gasteiger partial charge in [-0.1, -0.05) is 32.0 Å². The molecule has 1 aliphatic carbocycles. The molecule has 1 amide bonds. The number of amides is 1. The first-order chi connectivity index (χ1) is 13.9. The maximum absolute atomic E-state index is 12.8. The molecule has 30 heavy (non-hydrogen) atoms. The van der Waals surface area contributed by atoms with Crippen molar-refractivity contribution >= 4 is 11.7 Å². The van der Waals surface area contributed by atoms with Crippen molar-refractivity contribution in [3.63, 3.8) is 0 Å². The fourth-order valence-corrected chi connectivity index (χ4v) is 3.58. The Hall–Kier alpha value is -3.10. The molecule has 6 nitrogen and oxygen atoms in total. The van der Waals surface area contributed by atoms with Crippen molar-refractivity contribution in [3.05, 3.63) is 63.1 Å². The van der Waals surface area contributed by atoms with Crippen molar-refractivity contribution in [2.24, 2.45) is 5.41 Å². The Labute approximate surface area is 170 Å². The third-order valence-electron chi connectivity index (χ3n) is 4.90. The van der Waals surface area contributed by atoms with Crippen molar-refractivity contribution in [1.82, 2.24) is 9.88 Å². The van der Waals surface area contributed by atoms with Crippen LogP contribution in [0, 0.1) is 5.41 Å². The van der Waals surface area contributed by atoms with Crippen LogP contribution >= 0.6 is 0 Å². The van der Waals surface area contributed by atoms with Gasteiger partial charge in [0.15, 0.2) is 5.78 Å². The molecular weight excluding hydrogens is 401 g/mol. The predicted molar refractivity (Wildman–Crippen MR) is 102 cm³/mol. The van der Waals surface area contributed by atoms with Gasteiger partial charge < -0.3 is 14.6 Å². The Kier molecular flexibility index (Phi) is 5.49. The number of aromatic amines is 1. The van der Waals surface area contributed by atoms with Crippen LogP contribution in [0.2, 0.25) is 0 Å². The lowest BCUT2D eigenvalue weighted by Gasteiger charge is -2.30. The standard InChI is InChI=1S/C21H21F3N2O4/c1-20(2)9-15-13(16(27)10-20)8-14(18(28)25-15)19(29)26(3)11-12-6-4-5-7-17(12)30-21(22,23)24/h4-8H,9-11H2,1-3H3,(H,25,28). The lowest BCUT2D eigenvalue weighted by Crippen LogP contribution is -2.35. The van der Waals surface area contributed by atoms with E-state index in [-0.39, 0.29) is 35.3 Å². The summed E-state index contributed by atoms with van der Waals surface area (Å²) in [5, 5.41) is 0. The van der Waals surface area contributed by atoms with Gasteiger partial charge in [-0.2, -0.15) is 0 Å². The second-order valence-corrected chi connectivity index (χ2v) is 8.16. The molecule has 0 bridgehead atoms. The number of ether oxygens (including phenoxy) is 1. The molecule has 160 valence electrons. The summed E-state index contributed by atoms with van der Waals surface area (Å²) in [6, 6.07) is 6.72. The maximum atomic E-state index is 12.8. The minimum absolute atomic E-state index is 0.123. The van der Waals surface area contributed by atoms with Gasteiger partial charge in [-0.05, 0) is 24.0 Å². The van der Waals surface area contributed by atoms with Gasteiger partial charge in [0.05, 0.1) is 0 Å². The van der Waals surface area contributed by atoms with Crippen LogP contribution in [0.5, 0.6) is 5.75 Å². The molecule has 2 aromatic rings. The number of H-pyrrole nitrogens is 1. The van der Waals surface area contributed by atoms with Gasteiger partial charge in [0.2, 0.25) is 0 Å². The van der Waals surface area contributed by atoms with Gasteiger partial charge in [0.1, 0.15) is 11.3 Å². The van der Waals surface area contributed by atoms with E-state index in [2.05, 4.69) is 9.72 Å². The first-order valence-electron chi connectivity index (χ1n) is 9.25. The summed E-state index contributed by atoms with van der Waals surface area (Å²) in [7, 11) is 1.36. The molecule has 9 heteroatoms. The van der Waals surface area contributed by atoms with Crippen LogP contribution in [-0.2, 0) is 13.0 Å². The van der Waals surface area contributed by atoms with Gasteiger partial charge in [-0.3, -0.25) is 14.4 Å². The first-order valence-corrected chi connectivity index (χ1v) is 9.25. The molecule has 0 unspecified atom stereocenters. The minimum atomic E-state index is -4.87. The molecular formula is C21H21F3N2O4. The van der Waals surface area contributed by atoms with E-state index >= 15 is 0 Å². The Morgan fingerprint density at radius 1 is 1.20 bits per heavy atom. The zero-order valence-corrected chi connectivity index (χ0v) is 16.7. The SMILES string of the molecule is CN(Cc1ccccc1OC(F)(F)F)C(=O)c1cc2c([nH]c1=O)CC(C)(C)CC2=O. The second kappa shape index (κ2) is 7.62. The van der Waals surface area contributed by atoms with E-state index in [1.165, 1.54) is 31.3 Å². The number of pyridine rings is 1. The minimum Gasteiger partial charge on any atom is -0.405 e. The zero-order chi connectivity index (χ0) is 22.3. The summed E-state index contributed by atoms with van der Waals surface area (Å²) in [6.45, 7) is 3.61. The number of aromatic nitrogens is 1. The third-order valence-corrected chi connectivity index (χ3v) is 4.90. The number of benzene rings is 1. The van der Waals surface area contributed by atoms with Crippen LogP contribution in [-0.4, -0.2) is 35.0 Å². The highest BCUT2D eigenvalue weighted by Crippen LogP contribution is 2.33. The summed E-state index contributed by atoms with van der Waals surface area (Å²) >= 11 is 0. The molecule has 3 rings (SSSR count). The second-order valence-electron chi connectivity index (χ2n) is 8.16. The number of para-hydroxylation sites is 1. The predicted octanol–water partition coefficient (Wildman–Crippen LogP) is 3.70. The number of hydrogen-bond donors (Lipinski definition) is 1. The van der Waals surface area contributed by atoms with Crippen LogP contribution in [0.25, 0.3) is 0 Å². The van der Waals surface area contributed by atoms with Gasteiger partial charge in [0, 0.05) is 36.8 Å². The molecule has 0 radical (unpaired) electrons. The van der Waals surface area contributed by atoms with Gasteiger partial charge in [-0.15, -0.1) is 13.2 Å². The number of Topliss-reactive ketones (excluding diaryl/α,β-unsaturated/α-hetero) is 1. The summed E-state index contributed by atoms with van der Waals surface area (Å²) in [6.07, 6.45) is -4.09. The number of nitrogens with zero attached hydrogens (tertiary/aromatic N) is 1. The highest BCUT2D eigenvalue weighted by molar-refractivity contribution is 6.02. The van der Waals surface area contributed by atoms with Crippen LogP contribution in [0.3, 0.4) is 0 Å². The fraction of sp³-hybridized carbons (Fsp3) is 0.381. The summed E-state index contributed by atoms with van der Waals surface area (Å²) < 4.78 is 41.8. The van der Waals surface area contributed by atoms with E-state index in [9.17, 15) is 27.6 Å². The maximum Gasteiger partial charge on any atom is 0.573 e. The van der Waals surface area contributed by atoms with Crippen LogP contribution in [0.1, 0.15) is 52.2 Å². The monoisotopic (exact) mass is 422 g/mol. The van der Waals surface area contributed by atoms with Crippen molar-refractivity contribution in [1.29, 1.82) is 0 Å². The smallest absolute Gasteiger partial charge is 0.405 e. The number of carbonyl (C=O) groups excluding carboxylic acids is 2. The van der Waals surface area contributed by atoms with Crippen molar-refractivity contribution in [2.75, 3.05) is 7.05 Å². The van der Waals surface area contributed by atoms with Gasteiger partial charge in [0.25, 0.3) is 11.5 Å². The highest BCUT2D eigenvalue weighted by Gasteiger charge is 2.34. The van der Waals surface area contributed by atoms with Crippen molar-refractivity contribution in [2.45, 2.75) is 39.6 Å². The quantitative estimate of drug-likeness (QED) is 0.815. The molecule has 1 N–H and O–H groups in total. The highest BCUT2D eigenvalue weighted by atomic mass is 19.4. The van der Waals surface area contributed by atoms with Crippen molar-refractivity contribution in [3.8, 4) is 5.75 Å². The molecule has 1 aromatic carbocycles. The largest absolute Gasteiger partial charge is 0.573 e. The number of halogens is 3. The van der Waals surface area contributed by atoms with E-state index in [1.807, 2.05) is 13.8 Å². The number of carbonyl (C=O) groups is 2. The number of hydrogen-bond acceptors (Lipinski definition) is 4. The lowest BCUT2D eigenvalue weighted by molar-refractivity contribution is -0.275. The molecule has 0 saturated carbocycles. The summed E-state index contributed by atoms with van der Waals surface area (Å²) in [4.78, 5) is 41.5. The molecule has 0 saturated heterocycles. The van der Waals surface area contributed by atoms with Crippen LogP contribution in [0.4, 0.5) is 13.2 Å². The Bertz CT molecular complexity index is 1060. The normalized spacial score (nSPS) is 15.5. The Morgan fingerprint density at radius 2 is 1.87 bits per heavy atom. The average Bonchev–Trinajstić information content (AvgIpc) is 2.60. The third kappa shape index (κ3) is 4.72. The fourth-order valence-electron chi connectivity index (χ4n) is 3.58. The summed E-state index contributed by atoms with van der Waals surface area (Å²) in [5.74, 6) is -1.31.